The Bertz CT molecular complexity index is 987. The highest BCUT2D eigenvalue weighted by molar-refractivity contribution is 7.89. The van der Waals surface area contributed by atoms with Crippen LogP contribution < -0.4 is 14.8 Å². The van der Waals surface area contributed by atoms with Crippen molar-refractivity contribution in [3.8, 4) is 5.75 Å². The number of carbonyl (C=O) groups is 2. The molecule has 0 atom stereocenters. The van der Waals surface area contributed by atoms with Crippen LogP contribution in [0.5, 0.6) is 5.75 Å². The summed E-state index contributed by atoms with van der Waals surface area (Å²) in [4.78, 5) is 24.4. The van der Waals surface area contributed by atoms with Crippen molar-refractivity contribution in [1.29, 1.82) is 0 Å². The number of benzene rings is 2. The maximum Gasteiger partial charge on any atom is 0.338 e. The zero-order valence-corrected chi connectivity index (χ0v) is 18.0. The van der Waals surface area contributed by atoms with Crippen molar-refractivity contribution in [3.05, 3.63) is 53.6 Å². The number of carbonyl (C=O) groups excluding carboxylic acids is 2. The van der Waals surface area contributed by atoms with Crippen molar-refractivity contribution in [2.24, 2.45) is 0 Å². The molecular weight excluding hydrogens is 408 g/mol. The van der Waals surface area contributed by atoms with Gasteiger partial charge in [-0.1, -0.05) is 20.3 Å². The van der Waals surface area contributed by atoms with Crippen LogP contribution in [0, 0.1) is 0 Å². The molecule has 0 heterocycles. The standard InChI is InChI=1S/C21H26N2O6S/c1-4-6-13-29-21(25)15-7-10-17(11-8-15)23-20(24)16-9-12-18(28-3)19(14-16)30(26,27)22-5-2/h7-12,14,22H,4-6,13H2,1-3H3,(H,23,24). The third-order valence-electron chi connectivity index (χ3n) is 4.16. The largest absolute Gasteiger partial charge is 0.495 e. The molecule has 0 aromatic heterocycles. The Hall–Kier alpha value is -2.91. The minimum Gasteiger partial charge on any atom is -0.495 e. The molecular formula is C21H26N2O6S. The van der Waals surface area contributed by atoms with Crippen LogP contribution in [0.15, 0.2) is 47.4 Å². The summed E-state index contributed by atoms with van der Waals surface area (Å²) in [5.41, 5.74) is 0.986. The molecule has 1 amide bonds. The predicted molar refractivity (Wildman–Crippen MR) is 113 cm³/mol. The predicted octanol–water partition coefficient (Wildman–Crippen LogP) is 3.20. The first kappa shape index (κ1) is 23.4. The molecule has 0 aliphatic rings. The monoisotopic (exact) mass is 434 g/mol. The van der Waals surface area contributed by atoms with Crippen LogP contribution in [0.4, 0.5) is 5.69 Å². The van der Waals surface area contributed by atoms with Crippen molar-refractivity contribution < 1.29 is 27.5 Å². The lowest BCUT2D eigenvalue weighted by Crippen LogP contribution is -2.24. The zero-order valence-electron chi connectivity index (χ0n) is 17.2. The number of amides is 1. The molecule has 0 spiro atoms. The Morgan fingerprint density at radius 2 is 1.67 bits per heavy atom. The maximum absolute atomic E-state index is 12.6. The molecule has 162 valence electrons. The number of ether oxygens (including phenoxy) is 2. The van der Waals surface area contributed by atoms with Gasteiger partial charge in [-0.2, -0.15) is 0 Å². The van der Waals surface area contributed by atoms with Crippen molar-refractivity contribution in [3.63, 3.8) is 0 Å². The van der Waals surface area contributed by atoms with Crippen LogP contribution in [-0.2, 0) is 14.8 Å². The second-order valence-electron chi connectivity index (χ2n) is 6.39. The first-order valence-electron chi connectivity index (χ1n) is 9.58. The average Bonchev–Trinajstić information content (AvgIpc) is 2.73. The van der Waals surface area contributed by atoms with E-state index >= 15 is 0 Å². The van der Waals surface area contributed by atoms with E-state index in [0.717, 1.165) is 12.8 Å². The highest BCUT2D eigenvalue weighted by atomic mass is 32.2. The number of esters is 1. The molecule has 9 heteroatoms. The zero-order chi connectivity index (χ0) is 22.1. The van der Waals surface area contributed by atoms with Crippen LogP contribution >= 0.6 is 0 Å². The SMILES string of the molecule is CCCCOC(=O)c1ccc(NC(=O)c2ccc(OC)c(S(=O)(=O)NCC)c2)cc1. The first-order chi connectivity index (χ1) is 14.3. The van der Waals surface area contributed by atoms with Gasteiger partial charge in [0.05, 0.1) is 19.3 Å². The summed E-state index contributed by atoms with van der Waals surface area (Å²) in [6.45, 7) is 4.23. The van der Waals surface area contributed by atoms with Crippen molar-refractivity contribution in [1.82, 2.24) is 4.72 Å². The van der Waals surface area contributed by atoms with E-state index in [1.807, 2.05) is 6.92 Å². The summed E-state index contributed by atoms with van der Waals surface area (Å²) in [6.07, 6.45) is 1.73. The topological polar surface area (TPSA) is 111 Å². The summed E-state index contributed by atoms with van der Waals surface area (Å²) in [6, 6.07) is 10.4. The molecule has 2 aromatic carbocycles. The van der Waals surface area contributed by atoms with Crippen molar-refractivity contribution in [2.45, 2.75) is 31.6 Å². The minimum atomic E-state index is -3.81. The summed E-state index contributed by atoms with van der Waals surface area (Å²) in [5, 5.41) is 2.68. The van der Waals surface area contributed by atoms with E-state index in [4.69, 9.17) is 9.47 Å². The van der Waals surface area contributed by atoms with E-state index < -0.39 is 21.9 Å². The fourth-order valence-electron chi connectivity index (χ4n) is 2.58. The van der Waals surface area contributed by atoms with E-state index in [-0.39, 0.29) is 22.8 Å². The molecule has 2 N–H and O–H groups in total. The fourth-order valence-corrected chi connectivity index (χ4v) is 3.82. The van der Waals surface area contributed by atoms with E-state index in [2.05, 4.69) is 10.0 Å². The molecule has 0 aliphatic heterocycles. The highest BCUT2D eigenvalue weighted by Gasteiger charge is 2.21. The van der Waals surface area contributed by atoms with Gasteiger partial charge >= 0.3 is 5.97 Å². The normalized spacial score (nSPS) is 11.0. The molecule has 0 fully saturated rings. The minimum absolute atomic E-state index is 0.121. The Kier molecular flexibility index (Phi) is 8.37. The third-order valence-corrected chi connectivity index (χ3v) is 5.73. The van der Waals surface area contributed by atoms with Crippen LogP contribution in [0.1, 0.15) is 47.4 Å². The van der Waals surface area contributed by atoms with Gasteiger partial charge in [0.2, 0.25) is 10.0 Å². The van der Waals surface area contributed by atoms with Gasteiger partial charge in [0.15, 0.2) is 0 Å². The Morgan fingerprint density at radius 3 is 2.27 bits per heavy atom. The van der Waals surface area contributed by atoms with E-state index in [1.54, 1.807) is 31.2 Å². The number of methoxy groups -OCH3 is 1. The Morgan fingerprint density at radius 1 is 1.00 bits per heavy atom. The second kappa shape index (κ2) is 10.7. The van der Waals surface area contributed by atoms with Crippen molar-refractivity contribution >= 4 is 27.6 Å². The molecule has 30 heavy (non-hydrogen) atoms. The first-order valence-corrected chi connectivity index (χ1v) is 11.1. The summed E-state index contributed by atoms with van der Waals surface area (Å²) < 4.78 is 37.4. The van der Waals surface area contributed by atoms with Gasteiger partial charge in [0.25, 0.3) is 5.91 Å². The number of rotatable bonds is 10. The summed E-state index contributed by atoms with van der Waals surface area (Å²) in [7, 11) is -2.46. The van der Waals surface area contributed by atoms with Gasteiger partial charge < -0.3 is 14.8 Å². The molecule has 0 saturated carbocycles. The number of hydrogen-bond donors (Lipinski definition) is 2. The molecule has 8 nitrogen and oxygen atoms in total. The molecule has 2 aromatic rings. The number of unbranched alkanes of at least 4 members (excludes halogenated alkanes) is 1. The number of hydrogen-bond acceptors (Lipinski definition) is 6. The second-order valence-corrected chi connectivity index (χ2v) is 8.12. The molecule has 2 rings (SSSR count). The smallest absolute Gasteiger partial charge is 0.338 e. The molecule has 0 bridgehead atoms. The lowest BCUT2D eigenvalue weighted by atomic mass is 10.1. The van der Waals surface area contributed by atoms with Crippen LogP contribution in [0.25, 0.3) is 0 Å². The van der Waals surface area contributed by atoms with E-state index in [0.29, 0.717) is 17.9 Å². The Labute approximate surface area is 176 Å². The quantitative estimate of drug-likeness (QED) is 0.439. The lowest BCUT2D eigenvalue weighted by molar-refractivity contribution is 0.0499. The summed E-state index contributed by atoms with van der Waals surface area (Å²) >= 11 is 0. The molecule has 0 unspecified atom stereocenters. The number of anilines is 1. The summed E-state index contributed by atoms with van der Waals surface area (Å²) in [5.74, 6) is -0.780. The van der Waals surface area contributed by atoms with Gasteiger partial charge in [0.1, 0.15) is 10.6 Å². The van der Waals surface area contributed by atoms with Gasteiger partial charge in [-0.05, 0) is 48.9 Å². The third kappa shape index (κ3) is 6.04. The van der Waals surface area contributed by atoms with Crippen molar-refractivity contribution in [2.75, 3.05) is 25.6 Å². The molecule has 0 aliphatic carbocycles. The Balaban J connectivity index is 2.15. The molecule has 0 radical (unpaired) electrons. The average molecular weight is 435 g/mol. The fraction of sp³-hybridized carbons (Fsp3) is 0.333. The van der Waals surface area contributed by atoms with Gasteiger partial charge in [-0.25, -0.2) is 17.9 Å². The van der Waals surface area contributed by atoms with Gasteiger partial charge in [0, 0.05) is 17.8 Å². The van der Waals surface area contributed by atoms with Crippen LogP contribution in [0.2, 0.25) is 0 Å². The number of nitrogens with one attached hydrogen (secondary N) is 2. The van der Waals surface area contributed by atoms with Gasteiger partial charge in [-0.15, -0.1) is 0 Å². The maximum atomic E-state index is 12.6. The van der Waals surface area contributed by atoms with E-state index in [9.17, 15) is 18.0 Å². The number of sulfonamides is 1. The van der Waals surface area contributed by atoms with E-state index in [1.165, 1.54) is 25.3 Å². The van der Waals surface area contributed by atoms with Crippen LogP contribution in [-0.4, -0.2) is 40.6 Å². The van der Waals surface area contributed by atoms with Crippen LogP contribution in [0.3, 0.4) is 0 Å². The molecule has 0 saturated heterocycles. The lowest BCUT2D eigenvalue weighted by Gasteiger charge is -2.12. The van der Waals surface area contributed by atoms with Gasteiger partial charge in [-0.3, -0.25) is 4.79 Å². The highest BCUT2D eigenvalue weighted by Crippen LogP contribution is 2.25.